The Morgan fingerprint density at radius 3 is 2.65 bits per heavy atom. The Balaban J connectivity index is 1.45. The van der Waals surface area contributed by atoms with Gasteiger partial charge in [0.15, 0.2) is 5.65 Å². The van der Waals surface area contributed by atoms with Crippen LogP contribution in [0.3, 0.4) is 0 Å². The van der Waals surface area contributed by atoms with Crippen LogP contribution in [0.1, 0.15) is 18.4 Å². The third kappa shape index (κ3) is 4.15. The summed E-state index contributed by atoms with van der Waals surface area (Å²) in [6.45, 7) is 3.68. The molecule has 2 aromatic heterocycles. The van der Waals surface area contributed by atoms with Gasteiger partial charge in [0.25, 0.3) is 10.0 Å². The van der Waals surface area contributed by atoms with E-state index in [-0.39, 0.29) is 4.90 Å². The molecule has 176 valence electrons. The van der Waals surface area contributed by atoms with E-state index in [1.165, 1.54) is 12.6 Å². The number of hydrogen-bond acceptors (Lipinski definition) is 6. The smallest absolute Gasteiger partial charge is 0.269 e. The molecule has 4 aromatic rings. The van der Waals surface area contributed by atoms with E-state index in [1.54, 1.807) is 30.5 Å². The number of aromatic nitrogens is 2. The van der Waals surface area contributed by atoms with Crippen molar-refractivity contribution in [2.24, 2.45) is 0 Å². The van der Waals surface area contributed by atoms with Gasteiger partial charge in [-0.25, -0.2) is 17.4 Å². The van der Waals surface area contributed by atoms with E-state index in [0.29, 0.717) is 29.4 Å². The maximum Gasteiger partial charge on any atom is 0.269 e. The maximum atomic E-state index is 13.2. The molecule has 0 amide bonds. The van der Waals surface area contributed by atoms with Crippen molar-refractivity contribution in [2.45, 2.75) is 30.7 Å². The highest BCUT2D eigenvalue weighted by molar-refractivity contribution is 7.90. The Labute approximate surface area is 199 Å². The van der Waals surface area contributed by atoms with E-state index in [0.717, 1.165) is 39.4 Å². The molecule has 0 bridgehead atoms. The fourth-order valence-corrected chi connectivity index (χ4v) is 5.75. The van der Waals surface area contributed by atoms with Gasteiger partial charge in [-0.05, 0) is 69.3 Å². The minimum atomic E-state index is -3.82. The lowest BCUT2D eigenvalue weighted by atomic mass is 10.1. The number of fused-ring (bicyclic) bond motifs is 1. The topological polar surface area (TPSA) is 90.5 Å². The summed E-state index contributed by atoms with van der Waals surface area (Å²) in [4.78, 5) is 7.02. The highest BCUT2D eigenvalue weighted by atomic mass is 32.2. The Morgan fingerprint density at radius 2 is 1.91 bits per heavy atom. The van der Waals surface area contributed by atoms with Gasteiger partial charge in [0.05, 0.1) is 10.6 Å². The van der Waals surface area contributed by atoms with Crippen LogP contribution in [0.2, 0.25) is 0 Å². The van der Waals surface area contributed by atoms with Crippen LogP contribution in [0.5, 0.6) is 5.75 Å². The monoisotopic (exact) mass is 476 g/mol. The molecule has 1 saturated heterocycles. The molecule has 8 heteroatoms. The summed E-state index contributed by atoms with van der Waals surface area (Å²) in [6.07, 6.45) is 5.45. The van der Waals surface area contributed by atoms with Gasteiger partial charge in [-0.2, -0.15) is 0 Å². The molecule has 5 rings (SSSR count). The summed E-state index contributed by atoms with van der Waals surface area (Å²) in [5.41, 5.74) is 9.65. The van der Waals surface area contributed by atoms with Crippen LogP contribution >= 0.6 is 0 Å². The average molecular weight is 477 g/mol. The number of nitrogens with zero attached hydrogens (tertiary/aromatic N) is 3. The van der Waals surface area contributed by atoms with Gasteiger partial charge in [-0.1, -0.05) is 29.8 Å². The van der Waals surface area contributed by atoms with Crippen LogP contribution in [0.25, 0.3) is 22.2 Å². The molecule has 0 unspecified atom stereocenters. The number of hydrogen-bond donors (Lipinski definition) is 1. The largest absolute Gasteiger partial charge is 0.492 e. The lowest BCUT2D eigenvalue weighted by molar-refractivity contribution is 0.198. The van der Waals surface area contributed by atoms with Crippen molar-refractivity contribution in [3.8, 4) is 16.9 Å². The van der Waals surface area contributed by atoms with Crippen molar-refractivity contribution in [3.05, 3.63) is 72.6 Å². The average Bonchev–Trinajstić information content (AvgIpc) is 3.40. The van der Waals surface area contributed by atoms with Gasteiger partial charge in [0.1, 0.15) is 12.4 Å². The summed E-state index contributed by atoms with van der Waals surface area (Å²) in [7, 11) is -1.68. The van der Waals surface area contributed by atoms with E-state index in [4.69, 9.17) is 10.5 Å². The number of likely N-dealkylation sites (N-methyl/N-ethyl adjacent to an activating group) is 1. The first-order valence-corrected chi connectivity index (χ1v) is 12.8. The SMILES string of the molecule is Cc1ccc(S(=O)(=O)n2cc(N)c3cc(-c4cccc(OC[C@@H]5CCCN5C)c4)cnc32)cc1. The normalized spacial score (nSPS) is 16.8. The zero-order valence-corrected chi connectivity index (χ0v) is 20.1. The first-order valence-electron chi connectivity index (χ1n) is 11.4. The molecule has 1 aliphatic rings. The zero-order valence-electron chi connectivity index (χ0n) is 19.3. The quantitative estimate of drug-likeness (QED) is 0.446. The van der Waals surface area contributed by atoms with E-state index >= 15 is 0 Å². The van der Waals surface area contributed by atoms with E-state index < -0.39 is 10.0 Å². The van der Waals surface area contributed by atoms with Crippen LogP contribution in [0, 0.1) is 6.92 Å². The van der Waals surface area contributed by atoms with Gasteiger partial charge >= 0.3 is 0 Å². The number of ether oxygens (including phenoxy) is 1. The standard InChI is InChI=1S/C26H28N4O3S/c1-18-8-10-23(11-9-18)34(31,32)30-16-25(27)24-14-20(15-28-26(24)30)19-5-3-7-22(13-19)33-17-21-6-4-12-29(21)2/h3,5,7-11,13-16,21H,4,6,12,17,27H2,1-2H3/t21-/m0/s1. The van der Waals surface area contributed by atoms with E-state index in [9.17, 15) is 8.42 Å². The van der Waals surface area contributed by atoms with E-state index in [1.807, 2.05) is 37.3 Å². The molecular formula is C26H28N4O3S. The summed E-state index contributed by atoms with van der Waals surface area (Å²) < 4.78 is 33.7. The number of likely N-dealkylation sites (tertiary alicyclic amines) is 1. The molecule has 1 aliphatic heterocycles. The number of nitrogens with two attached hydrogens (primary N) is 1. The van der Waals surface area contributed by atoms with Crippen molar-refractivity contribution < 1.29 is 13.2 Å². The summed E-state index contributed by atoms with van der Waals surface area (Å²) in [5.74, 6) is 0.797. The summed E-state index contributed by atoms with van der Waals surface area (Å²) >= 11 is 0. The molecule has 7 nitrogen and oxygen atoms in total. The fourth-order valence-electron chi connectivity index (χ4n) is 4.42. The molecule has 1 fully saturated rings. The van der Waals surface area contributed by atoms with Gasteiger partial charge in [0.2, 0.25) is 0 Å². The molecule has 0 spiro atoms. The third-order valence-electron chi connectivity index (χ3n) is 6.50. The van der Waals surface area contributed by atoms with Crippen LogP contribution in [0.15, 0.2) is 71.9 Å². The Bertz CT molecular complexity index is 1440. The number of rotatable bonds is 6. The number of nitrogen functional groups attached to an aromatic ring is 1. The number of aryl methyl sites for hydroxylation is 1. The number of anilines is 1. The van der Waals surface area contributed by atoms with Gasteiger partial charge in [-0.15, -0.1) is 0 Å². The first kappa shape index (κ1) is 22.4. The highest BCUT2D eigenvalue weighted by Crippen LogP contribution is 2.31. The minimum absolute atomic E-state index is 0.193. The van der Waals surface area contributed by atoms with Crippen LogP contribution in [-0.4, -0.2) is 48.5 Å². The summed E-state index contributed by atoms with van der Waals surface area (Å²) in [5, 5.41) is 0.590. The third-order valence-corrected chi connectivity index (χ3v) is 8.17. The van der Waals surface area contributed by atoms with Crippen LogP contribution in [0.4, 0.5) is 5.69 Å². The predicted molar refractivity (Wildman–Crippen MR) is 134 cm³/mol. The number of benzene rings is 2. The molecule has 0 saturated carbocycles. The van der Waals surface area contributed by atoms with Crippen molar-refractivity contribution in [1.29, 1.82) is 0 Å². The molecule has 2 N–H and O–H groups in total. The molecule has 34 heavy (non-hydrogen) atoms. The lowest BCUT2D eigenvalue weighted by Gasteiger charge is -2.19. The van der Waals surface area contributed by atoms with Crippen molar-refractivity contribution in [2.75, 3.05) is 25.9 Å². The number of pyridine rings is 1. The van der Waals surface area contributed by atoms with Crippen LogP contribution in [-0.2, 0) is 10.0 Å². The lowest BCUT2D eigenvalue weighted by Crippen LogP contribution is -2.30. The van der Waals surface area contributed by atoms with Gasteiger partial charge < -0.3 is 15.4 Å². The molecule has 0 radical (unpaired) electrons. The fraction of sp³-hybridized carbons (Fsp3) is 0.269. The Hall–Kier alpha value is -3.36. The molecule has 3 heterocycles. The van der Waals surface area contributed by atoms with Crippen molar-refractivity contribution in [3.63, 3.8) is 0 Å². The minimum Gasteiger partial charge on any atom is -0.492 e. The molecule has 1 atom stereocenters. The molecule has 2 aromatic carbocycles. The second kappa shape index (κ2) is 8.77. The molecule has 0 aliphatic carbocycles. The van der Waals surface area contributed by atoms with Gasteiger partial charge in [-0.3, -0.25) is 0 Å². The zero-order chi connectivity index (χ0) is 23.9. The predicted octanol–water partition coefficient (Wildman–Crippen LogP) is 4.30. The molecular weight excluding hydrogens is 448 g/mol. The highest BCUT2D eigenvalue weighted by Gasteiger charge is 2.23. The van der Waals surface area contributed by atoms with Gasteiger partial charge in [0, 0.05) is 29.4 Å². The maximum absolute atomic E-state index is 13.2. The second-order valence-electron chi connectivity index (χ2n) is 8.91. The summed E-state index contributed by atoms with van der Waals surface area (Å²) in [6, 6.07) is 16.9. The first-order chi connectivity index (χ1) is 16.3. The van der Waals surface area contributed by atoms with E-state index in [2.05, 4.69) is 16.9 Å². The Morgan fingerprint density at radius 1 is 1.12 bits per heavy atom. The second-order valence-corrected chi connectivity index (χ2v) is 10.7. The Kier molecular flexibility index (Phi) is 5.79. The van der Waals surface area contributed by atoms with Crippen molar-refractivity contribution in [1.82, 2.24) is 13.9 Å². The van der Waals surface area contributed by atoms with Crippen LogP contribution < -0.4 is 10.5 Å². The van der Waals surface area contributed by atoms with Crippen molar-refractivity contribution >= 4 is 26.7 Å².